The third kappa shape index (κ3) is 3.81. The van der Waals surface area contributed by atoms with Crippen LogP contribution in [-0.2, 0) is 13.0 Å². The van der Waals surface area contributed by atoms with Crippen LogP contribution in [0.25, 0.3) is 11.4 Å². The molecule has 1 amide bonds. The summed E-state index contributed by atoms with van der Waals surface area (Å²) in [6.07, 6.45) is 5.75. The van der Waals surface area contributed by atoms with Crippen LogP contribution in [0.1, 0.15) is 47.4 Å². The maximum absolute atomic E-state index is 13.7. The summed E-state index contributed by atoms with van der Waals surface area (Å²) in [6, 6.07) is 12.0. The first-order valence-corrected chi connectivity index (χ1v) is 9.72. The first-order chi connectivity index (χ1) is 13.6. The Hall–Kier alpha value is -3.02. The molecule has 0 saturated carbocycles. The molecular weight excluding hydrogens is 355 g/mol. The van der Waals surface area contributed by atoms with Gasteiger partial charge in [0.25, 0.3) is 5.91 Å². The molecule has 0 unspecified atom stereocenters. The van der Waals surface area contributed by atoms with E-state index in [4.69, 9.17) is 0 Å². The van der Waals surface area contributed by atoms with E-state index in [1.807, 2.05) is 24.3 Å². The second kappa shape index (κ2) is 7.92. The Kier molecular flexibility index (Phi) is 5.19. The molecule has 1 aliphatic heterocycles. The van der Waals surface area contributed by atoms with Crippen LogP contribution in [-0.4, -0.2) is 20.7 Å². The van der Waals surface area contributed by atoms with Crippen molar-refractivity contribution in [1.82, 2.24) is 14.8 Å². The molecule has 0 bridgehead atoms. The van der Waals surface area contributed by atoms with Crippen molar-refractivity contribution in [1.29, 1.82) is 0 Å². The van der Waals surface area contributed by atoms with Crippen LogP contribution < -0.4 is 5.32 Å². The average molecular weight is 378 g/mol. The van der Waals surface area contributed by atoms with Crippen LogP contribution in [0, 0.1) is 12.7 Å². The van der Waals surface area contributed by atoms with Crippen molar-refractivity contribution in [2.75, 3.05) is 5.32 Å². The Bertz CT molecular complexity index is 994. The van der Waals surface area contributed by atoms with E-state index in [0.717, 1.165) is 43.0 Å². The Balaban J connectivity index is 1.51. The summed E-state index contributed by atoms with van der Waals surface area (Å²) < 4.78 is 15.9. The smallest absolute Gasteiger partial charge is 0.255 e. The first kappa shape index (κ1) is 18.3. The summed E-state index contributed by atoms with van der Waals surface area (Å²) in [5, 5.41) is 11.6. The van der Waals surface area contributed by atoms with Crippen LogP contribution in [0.2, 0.25) is 0 Å². The lowest BCUT2D eigenvalue weighted by atomic mass is 10.1. The molecule has 28 heavy (non-hydrogen) atoms. The van der Waals surface area contributed by atoms with Crippen molar-refractivity contribution < 1.29 is 9.18 Å². The Morgan fingerprint density at radius 2 is 1.82 bits per heavy atom. The first-order valence-electron chi connectivity index (χ1n) is 9.72. The highest BCUT2D eigenvalue weighted by Crippen LogP contribution is 2.24. The zero-order chi connectivity index (χ0) is 19.5. The second-order valence-electron chi connectivity index (χ2n) is 7.25. The number of nitrogens with one attached hydrogen (secondary N) is 1. The van der Waals surface area contributed by atoms with Crippen LogP contribution in [0.3, 0.4) is 0 Å². The molecule has 6 heteroatoms. The van der Waals surface area contributed by atoms with Gasteiger partial charge in [-0.15, -0.1) is 10.2 Å². The number of hydrogen-bond donors (Lipinski definition) is 1. The number of rotatable bonds is 3. The van der Waals surface area contributed by atoms with E-state index < -0.39 is 0 Å². The van der Waals surface area contributed by atoms with E-state index in [2.05, 4.69) is 20.1 Å². The minimum atomic E-state index is -0.383. The molecule has 1 aromatic heterocycles. The Morgan fingerprint density at radius 3 is 2.61 bits per heavy atom. The van der Waals surface area contributed by atoms with Crippen LogP contribution in [0.5, 0.6) is 0 Å². The maximum atomic E-state index is 13.7. The summed E-state index contributed by atoms with van der Waals surface area (Å²) >= 11 is 0. The molecule has 4 rings (SSSR count). The SMILES string of the molecule is Cc1ccc(C(=O)Nc2ccc(-c3nnc4n3CCCCCC4)cc2)cc1F. The fourth-order valence-corrected chi connectivity index (χ4v) is 3.52. The zero-order valence-corrected chi connectivity index (χ0v) is 15.9. The van der Waals surface area contributed by atoms with Gasteiger partial charge < -0.3 is 9.88 Å². The minimum absolute atomic E-state index is 0.297. The molecule has 0 aliphatic carbocycles. The number of anilines is 1. The van der Waals surface area contributed by atoms with Gasteiger partial charge in [-0.1, -0.05) is 18.9 Å². The fraction of sp³-hybridized carbons (Fsp3) is 0.318. The summed E-state index contributed by atoms with van der Waals surface area (Å²) in [7, 11) is 0. The summed E-state index contributed by atoms with van der Waals surface area (Å²) in [5.74, 6) is 1.20. The molecule has 0 atom stereocenters. The molecular formula is C22H23FN4O. The molecule has 0 spiro atoms. The minimum Gasteiger partial charge on any atom is -0.322 e. The lowest BCUT2D eigenvalue weighted by Crippen LogP contribution is -2.12. The summed E-state index contributed by atoms with van der Waals surface area (Å²) in [4.78, 5) is 12.3. The normalized spacial score (nSPS) is 14.1. The number of benzene rings is 2. The number of carbonyl (C=O) groups excluding carboxylic acids is 1. The molecule has 2 aromatic carbocycles. The van der Waals surface area contributed by atoms with Gasteiger partial charge in [-0.05, 0) is 61.7 Å². The molecule has 3 aromatic rings. The van der Waals surface area contributed by atoms with Crippen LogP contribution >= 0.6 is 0 Å². The van der Waals surface area contributed by atoms with Gasteiger partial charge >= 0.3 is 0 Å². The number of aryl methyl sites for hydroxylation is 2. The number of halogens is 1. The van der Waals surface area contributed by atoms with Crippen molar-refractivity contribution >= 4 is 11.6 Å². The number of nitrogens with zero attached hydrogens (tertiary/aromatic N) is 3. The molecule has 0 saturated heterocycles. The molecule has 0 radical (unpaired) electrons. The average Bonchev–Trinajstić information content (AvgIpc) is 3.06. The van der Waals surface area contributed by atoms with E-state index in [0.29, 0.717) is 16.8 Å². The lowest BCUT2D eigenvalue weighted by molar-refractivity contribution is 0.102. The lowest BCUT2D eigenvalue weighted by Gasteiger charge is -2.13. The molecule has 2 heterocycles. The van der Waals surface area contributed by atoms with Gasteiger partial charge in [0.15, 0.2) is 5.82 Å². The van der Waals surface area contributed by atoms with Crippen molar-refractivity contribution in [3.63, 3.8) is 0 Å². The summed E-state index contributed by atoms with van der Waals surface area (Å²) in [5.41, 5.74) is 2.44. The van der Waals surface area contributed by atoms with Gasteiger partial charge in [0.1, 0.15) is 11.6 Å². The van der Waals surface area contributed by atoms with E-state index >= 15 is 0 Å². The number of hydrogen-bond acceptors (Lipinski definition) is 3. The number of amides is 1. The maximum Gasteiger partial charge on any atom is 0.255 e. The fourth-order valence-electron chi connectivity index (χ4n) is 3.52. The Labute approximate surface area is 163 Å². The third-order valence-corrected chi connectivity index (χ3v) is 5.19. The molecule has 144 valence electrons. The van der Waals surface area contributed by atoms with Gasteiger partial charge in [-0.25, -0.2) is 4.39 Å². The Morgan fingerprint density at radius 1 is 1.04 bits per heavy atom. The van der Waals surface area contributed by atoms with Crippen molar-refractivity contribution in [2.24, 2.45) is 0 Å². The van der Waals surface area contributed by atoms with Gasteiger partial charge in [0.05, 0.1) is 0 Å². The number of aromatic nitrogens is 3. The quantitative estimate of drug-likeness (QED) is 0.715. The van der Waals surface area contributed by atoms with Crippen molar-refractivity contribution in [3.05, 3.63) is 65.2 Å². The largest absolute Gasteiger partial charge is 0.322 e. The van der Waals surface area contributed by atoms with Gasteiger partial charge in [-0.2, -0.15) is 0 Å². The van der Waals surface area contributed by atoms with Crippen LogP contribution in [0.15, 0.2) is 42.5 Å². The van der Waals surface area contributed by atoms with E-state index in [9.17, 15) is 9.18 Å². The summed E-state index contributed by atoms with van der Waals surface area (Å²) in [6.45, 7) is 2.61. The predicted molar refractivity (Wildman–Crippen MR) is 107 cm³/mol. The number of carbonyl (C=O) groups is 1. The molecule has 1 N–H and O–H groups in total. The van der Waals surface area contributed by atoms with Gasteiger partial charge in [-0.3, -0.25) is 4.79 Å². The molecule has 1 aliphatic rings. The molecule has 5 nitrogen and oxygen atoms in total. The highest BCUT2D eigenvalue weighted by Gasteiger charge is 2.15. The second-order valence-corrected chi connectivity index (χ2v) is 7.25. The standard InChI is InChI=1S/C22H23FN4O/c1-15-7-8-17(14-19(15)23)22(28)24-18-11-9-16(10-12-18)21-26-25-20-6-4-2-3-5-13-27(20)21/h7-12,14H,2-6,13H2,1H3,(H,24,28). The highest BCUT2D eigenvalue weighted by atomic mass is 19.1. The van der Waals surface area contributed by atoms with Gasteiger partial charge in [0, 0.05) is 29.8 Å². The highest BCUT2D eigenvalue weighted by molar-refractivity contribution is 6.04. The number of fused-ring (bicyclic) bond motifs is 1. The van der Waals surface area contributed by atoms with E-state index in [-0.39, 0.29) is 11.7 Å². The molecule has 0 fully saturated rings. The van der Waals surface area contributed by atoms with Crippen LogP contribution in [0.4, 0.5) is 10.1 Å². The van der Waals surface area contributed by atoms with Crippen molar-refractivity contribution in [2.45, 2.75) is 45.6 Å². The zero-order valence-electron chi connectivity index (χ0n) is 15.9. The van der Waals surface area contributed by atoms with Gasteiger partial charge in [0.2, 0.25) is 0 Å². The van der Waals surface area contributed by atoms with Crippen molar-refractivity contribution in [3.8, 4) is 11.4 Å². The topological polar surface area (TPSA) is 59.8 Å². The predicted octanol–water partition coefficient (Wildman–Crippen LogP) is 4.76. The monoisotopic (exact) mass is 378 g/mol. The van der Waals surface area contributed by atoms with E-state index in [1.54, 1.807) is 19.1 Å². The van der Waals surface area contributed by atoms with E-state index in [1.165, 1.54) is 18.9 Å². The third-order valence-electron chi connectivity index (χ3n) is 5.19.